The lowest BCUT2D eigenvalue weighted by molar-refractivity contribution is 0.102. The second-order valence-electron chi connectivity index (χ2n) is 6.46. The lowest BCUT2D eigenvalue weighted by Crippen LogP contribution is -2.22. The van der Waals surface area contributed by atoms with Crippen molar-refractivity contribution >= 4 is 28.9 Å². The van der Waals surface area contributed by atoms with Gasteiger partial charge < -0.3 is 10.2 Å². The molecule has 0 bridgehead atoms. The van der Waals surface area contributed by atoms with Gasteiger partial charge in [0.25, 0.3) is 5.91 Å². The number of hydrogen-bond donors (Lipinski definition) is 2. The number of rotatable bonds is 4. The molecular weight excluding hydrogens is 367 g/mol. The fourth-order valence-corrected chi connectivity index (χ4v) is 3.46. The summed E-state index contributed by atoms with van der Waals surface area (Å²) in [5.41, 5.74) is 2.54. The third kappa shape index (κ3) is 3.66. The Hall–Kier alpha value is -2.86. The zero-order valence-electron chi connectivity index (χ0n) is 14.5. The zero-order chi connectivity index (χ0) is 18.8. The molecule has 1 saturated heterocycles. The highest BCUT2D eigenvalue weighted by Gasteiger charge is 2.21. The molecule has 1 aliphatic rings. The summed E-state index contributed by atoms with van der Waals surface area (Å²) in [5, 5.41) is 10.2. The summed E-state index contributed by atoms with van der Waals surface area (Å²) in [6.45, 7) is 1.71. The number of para-hydroxylation sites is 1. The molecule has 0 saturated carbocycles. The Balaban J connectivity index is 1.58. The maximum Gasteiger partial charge on any atom is 0.273 e. The third-order valence-electron chi connectivity index (χ3n) is 4.62. The summed E-state index contributed by atoms with van der Waals surface area (Å²) in [7, 11) is 0. The van der Waals surface area contributed by atoms with Gasteiger partial charge >= 0.3 is 0 Å². The van der Waals surface area contributed by atoms with Gasteiger partial charge in [-0.1, -0.05) is 29.8 Å². The smallest absolute Gasteiger partial charge is 0.273 e. The maximum absolute atomic E-state index is 14.4. The van der Waals surface area contributed by atoms with E-state index in [0.29, 0.717) is 16.4 Å². The third-order valence-corrected chi connectivity index (χ3v) is 4.85. The molecule has 0 spiro atoms. The van der Waals surface area contributed by atoms with Gasteiger partial charge in [0, 0.05) is 23.7 Å². The molecule has 7 heteroatoms. The van der Waals surface area contributed by atoms with Crippen molar-refractivity contribution in [2.24, 2.45) is 0 Å². The summed E-state index contributed by atoms with van der Waals surface area (Å²) in [4.78, 5) is 14.7. The first-order valence-electron chi connectivity index (χ1n) is 8.78. The number of carbonyl (C=O) groups excluding carboxylic acids is 1. The Labute approximate surface area is 161 Å². The number of carbonyl (C=O) groups is 1. The molecule has 2 heterocycles. The van der Waals surface area contributed by atoms with Gasteiger partial charge in [0.15, 0.2) is 0 Å². The summed E-state index contributed by atoms with van der Waals surface area (Å²) in [5.74, 6) is -0.899. The molecule has 138 valence electrons. The van der Waals surface area contributed by atoms with E-state index in [1.54, 1.807) is 24.3 Å². The average Bonchev–Trinajstić information content (AvgIpc) is 3.35. The lowest BCUT2D eigenvalue weighted by Gasteiger charge is -2.21. The van der Waals surface area contributed by atoms with Crippen LogP contribution < -0.4 is 10.2 Å². The highest BCUT2D eigenvalue weighted by Crippen LogP contribution is 2.31. The van der Waals surface area contributed by atoms with Crippen molar-refractivity contribution < 1.29 is 9.18 Å². The predicted molar refractivity (Wildman–Crippen MR) is 105 cm³/mol. The van der Waals surface area contributed by atoms with E-state index in [0.717, 1.165) is 31.5 Å². The fourth-order valence-electron chi connectivity index (χ4n) is 3.27. The molecule has 5 nitrogen and oxygen atoms in total. The molecule has 0 aliphatic carbocycles. The van der Waals surface area contributed by atoms with E-state index in [4.69, 9.17) is 11.6 Å². The van der Waals surface area contributed by atoms with E-state index >= 15 is 0 Å². The van der Waals surface area contributed by atoms with Gasteiger partial charge in [0.05, 0.1) is 11.4 Å². The van der Waals surface area contributed by atoms with E-state index in [1.807, 2.05) is 18.2 Å². The maximum atomic E-state index is 14.4. The highest BCUT2D eigenvalue weighted by atomic mass is 35.5. The minimum Gasteiger partial charge on any atom is -0.370 e. The number of aromatic nitrogens is 2. The number of halogens is 2. The number of H-pyrrole nitrogens is 1. The molecule has 2 N–H and O–H groups in total. The molecule has 2 aromatic carbocycles. The van der Waals surface area contributed by atoms with Crippen molar-refractivity contribution in [2.45, 2.75) is 12.8 Å². The first kappa shape index (κ1) is 17.5. The number of anilines is 2. The van der Waals surface area contributed by atoms with Crippen LogP contribution in [0.5, 0.6) is 0 Å². The van der Waals surface area contributed by atoms with E-state index < -0.39 is 11.7 Å². The van der Waals surface area contributed by atoms with Crippen LogP contribution in [-0.2, 0) is 0 Å². The van der Waals surface area contributed by atoms with Gasteiger partial charge in [-0.3, -0.25) is 9.89 Å². The van der Waals surface area contributed by atoms with Crippen LogP contribution in [0.25, 0.3) is 11.3 Å². The summed E-state index contributed by atoms with van der Waals surface area (Å²) >= 11 is 6.00. The monoisotopic (exact) mass is 384 g/mol. The Kier molecular flexibility index (Phi) is 4.81. The fraction of sp³-hybridized carbons (Fsp3) is 0.200. The second kappa shape index (κ2) is 7.40. The molecule has 1 aliphatic heterocycles. The quantitative estimate of drug-likeness (QED) is 0.684. The largest absolute Gasteiger partial charge is 0.370 e. The minimum atomic E-state index is -0.456. The van der Waals surface area contributed by atoms with Gasteiger partial charge in [0.1, 0.15) is 17.2 Å². The molecule has 1 aromatic heterocycles. The van der Waals surface area contributed by atoms with Crippen LogP contribution in [0.3, 0.4) is 0 Å². The van der Waals surface area contributed by atoms with Crippen LogP contribution in [0.2, 0.25) is 5.02 Å². The first-order valence-corrected chi connectivity index (χ1v) is 9.16. The zero-order valence-corrected chi connectivity index (χ0v) is 15.3. The first-order chi connectivity index (χ1) is 13.1. The standard InChI is InChI=1S/C20H18ClFN4O/c21-14-6-3-5-13(11-14)16-12-17(25-24-16)20(27)23-19-15(22)7-4-8-18(19)26-9-1-2-10-26/h3-8,11-12H,1-2,9-10H2,(H,23,27)(H,24,25). The molecule has 27 heavy (non-hydrogen) atoms. The van der Waals surface area contributed by atoms with Crippen LogP contribution in [0.15, 0.2) is 48.5 Å². The van der Waals surface area contributed by atoms with Crippen molar-refractivity contribution in [3.8, 4) is 11.3 Å². The van der Waals surface area contributed by atoms with E-state index in [2.05, 4.69) is 20.4 Å². The molecular formula is C20H18ClFN4O. The molecule has 0 radical (unpaired) electrons. The van der Waals surface area contributed by atoms with Gasteiger partial charge in [-0.05, 0) is 43.2 Å². The molecule has 3 aromatic rings. The number of nitrogens with zero attached hydrogens (tertiary/aromatic N) is 2. The molecule has 0 unspecified atom stereocenters. The molecule has 1 fully saturated rings. The number of amides is 1. The predicted octanol–water partition coefficient (Wildman–Crippen LogP) is 4.72. The van der Waals surface area contributed by atoms with Crippen LogP contribution in [0.4, 0.5) is 15.8 Å². The van der Waals surface area contributed by atoms with Crippen LogP contribution >= 0.6 is 11.6 Å². The van der Waals surface area contributed by atoms with Crippen molar-refractivity contribution in [1.82, 2.24) is 10.2 Å². The van der Waals surface area contributed by atoms with Crippen LogP contribution in [0.1, 0.15) is 23.3 Å². The van der Waals surface area contributed by atoms with Gasteiger partial charge in [-0.25, -0.2) is 4.39 Å². The van der Waals surface area contributed by atoms with Gasteiger partial charge in [-0.2, -0.15) is 5.10 Å². The summed E-state index contributed by atoms with van der Waals surface area (Å²) < 4.78 is 14.4. The van der Waals surface area contributed by atoms with E-state index in [1.165, 1.54) is 6.07 Å². The molecule has 1 amide bonds. The summed E-state index contributed by atoms with van der Waals surface area (Å²) in [6.07, 6.45) is 2.13. The Morgan fingerprint density at radius 1 is 1.15 bits per heavy atom. The van der Waals surface area contributed by atoms with E-state index in [9.17, 15) is 9.18 Å². The van der Waals surface area contributed by atoms with Crippen LogP contribution in [-0.4, -0.2) is 29.2 Å². The summed E-state index contributed by atoms with van der Waals surface area (Å²) in [6, 6.07) is 13.7. The molecule has 0 atom stereocenters. The lowest BCUT2D eigenvalue weighted by atomic mass is 10.1. The number of benzene rings is 2. The average molecular weight is 385 g/mol. The van der Waals surface area contributed by atoms with Gasteiger partial charge in [0.2, 0.25) is 0 Å². The molecule has 4 rings (SSSR count). The number of hydrogen-bond acceptors (Lipinski definition) is 3. The van der Waals surface area contributed by atoms with Crippen molar-refractivity contribution in [1.29, 1.82) is 0 Å². The second-order valence-corrected chi connectivity index (χ2v) is 6.90. The minimum absolute atomic E-state index is 0.198. The van der Waals surface area contributed by atoms with Crippen molar-refractivity contribution in [2.75, 3.05) is 23.3 Å². The van der Waals surface area contributed by atoms with Crippen molar-refractivity contribution in [3.63, 3.8) is 0 Å². The Morgan fingerprint density at radius 2 is 1.93 bits per heavy atom. The van der Waals surface area contributed by atoms with Gasteiger partial charge in [-0.15, -0.1) is 0 Å². The normalized spacial score (nSPS) is 13.8. The topological polar surface area (TPSA) is 61.0 Å². The SMILES string of the molecule is O=C(Nc1c(F)cccc1N1CCCC1)c1cc(-c2cccc(Cl)c2)n[nH]1. The Bertz CT molecular complexity index is 982. The number of nitrogens with one attached hydrogen (secondary N) is 2. The number of aromatic amines is 1. The Morgan fingerprint density at radius 3 is 2.70 bits per heavy atom. The van der Waals surface area contributed by atoms with Crippen molar-refractivity contribution in [3.05, 3.63) is 65.1 Å². The van der Waals surface area contributed by atoms with E-state index in [-0.39, 0.29) is 11.4 Å². The van der Waals surface area contributed by atoms with Crippen LogP contribution in [0, 0.1) is 5.82 Å². The highest BCUT2D eigenvalue weighted by molar-refractivity contribution is 6.30.